The summed E-state index contributed by atoms with van der Waals surface area (Å²) in [5.41, 5.74) is 2.57. The first-order chi connectivity index (χ1) is 5.81. The van der Waals surface area contributed by atoms with Crippen LogP contribution in [0.5, 0.6) is 0 Å². The number of benzene rings is 1. The van der Waals surface area contributed by atoms with Gasteiger partial charge in [0.2, 0.25) is 0 Å². The van der Waals surface area contributed by atoms with Crippen molar-refractivity contribution >= 4 is 23.6 Å². The third-order valence-corrected chi connectivity index (χ3v) is 2.22. The predicted molar refractivity (Wildman–Crippen MR) is 53.4 cm³/mol. The number of hydrogen-bond donors (Lipinski definition) is 0. The SMILES string of the molecule is CBc1ccc2c(cnn2C)c1. The molecule has 0 atom stereocenters. The molecule has 1 aromatic carbocycles. The van der Waals surface area contributed by atoms with E-state index in [2.05, 4.69) is 30.1 Å². The molecule has 2 rings (SSSR count). The zero-order valence-corrected chi connectivity index (χ0v) is 7.41. The Morgan fingerprint density at radius 2 is 2.25 bits per heavy atom. The van der Waals surface area contributed by atoms with Crippen LogP contribution < -0.4 is 5.46 Å². The fourth-order valence-corrected chi connectivity index (χ4v) is 1.43. The van der Waals surface area contributed by atoms with E-state index in [1.54, 1.807) is 0 Å². The average Bonchev–Trinajstić information content (AvgIpc) is 2.47. The van der Waals surface area contributed by atoms with Crippen LogP contribution in [0, 0.1) is 0 Å². The van der Waals surface area contributed by atoms with Crippen molar-refractivity contribution in [3.05, 3.63) is 24.4 Å². The Hall–Kier alpha value is -1.25. The average molecular weight is 158 g/mol. The lowest BCUT2D eigenvalue weighted by Gasteiger charge is -1.96. The van der Waals surface area contributed by atoms with Crippen LogP contribution in [0.4, 0.5) is 0 Å². The Kier molecular flexibility index (Phi) is 1.64. The highest BCUT2D eigenvalue weighted by Gasteiger charge is 1.98. The second-order valence-corrected chi connectivity index (χ2v) is 3.01. The summed E-state index contributed by atoms with van der Waals surface area (Å²) in [7, 11) is 3.05. The molecule has 2 nitrogen and oxygen atoms in total. The number of hydrogen-bond acceptors (Lipinski definition) is 1. The largest absolute Gasteiger partial charge is 0.268 e. The summed E-state index contributed by atoms with van der Waals surface area (Å²) in [6.07, 6.45) is 1.91. The van der Waals surface area contributed by atoms with Gasteiger partial charge in [0.25, 0.3) is 0 Å². The molecule has 0 bridgehead atoms. The molecule has 0 amide bonds. The molecule has 0 spiro atoms. The topological polar surface area (TPSA) is 17.8 Å². The molecular weight excluding hydrogens is 147 g/mol. The molecule has 0 aliphatic rings. The monoisotopic (exact) mass is 158 g/mol. The molecule has 0 fully saturated rings. The normalized spacial score (nSPS) is 10.5. The zero-order chi connectivity index (χ0) is 8.55. The first kappa shape index (κ1) is 7.41. The number of aryl methyl sites for hydroxylation is 1. The van der Waals surface area contributed by atoms with E-state index < -0.39 is 0 Å². The summed E-state index contributed by atoms with van der Waals surface area (Å²) in [5, 5.41) is 5.42. The van der Waals surface area contributed by atoms with Crippen LogP contribution in [0.15, 0.2) is 24.4 Å². The molecule has 0 saturated carbocycles. The molecular formula is C9H11BN2. The second kappa shape index (κ2) is 2.66. The summed E-state index contributed by atoms with van der Waals surface area (Å²) in [6, 6.07) is 6.48. The Morgan fingerprint density at radius 3 is 3.00 bits per heavy atom. The van der Waals surface area contributed by atoms with Gasteiger partial charge in [-0.05, 0) is 6.07 Å². The third-order valence-electron chi connectivity index (χ3n) is 2.22. The van der Waals surface area contributed by atoms with Gasteiger partial charge in [0.05, 0.1) is 11.7 Å². The molecule has 0 N–H and O–H groups in total. The van der Waals surface area contributed by atoms with Crippen LogP contribution in [-0.4, -0.2) is 17.1 Å². The fraction of sp³-hybridized carbons (Fsp3) is 0.222. The standard InChI is InChI=1S/C9H11BN2/c1-10-8-3-4-9-7(5-8)6-11-12(9)2/h3-6,10H,1-2H3. The summed E-state index contributed by atoms with van der Waals surface area (Å²) in [6.45, 7) is 2.16. The van der Waals surface area contributed by atoms with E-state index in [1.807, 2.05) is 17.9 Å². The minimum Gasteiger partial charge on any atom is -0.268 e. The number of nitrogens with zero attached hydrogens (tertiary/aromatic N) is 2. The first-order valence-electron chi connectivity index (χ1n) is 4.22. The minimum absolute atomic E-state index is 1.09. The fourth-order valence-electron chi connectivity index (χ4n) is 1.43. The first-order valence-corrected chi connectivity index (χ1v) is 4.22. The van der Waals surface area contributed by atoms with Crippen LogP contribution >= 0.6 is 0 Å². The highest BCUT2D eigenvalue weighted by atomic mass is 15.2. The van der Waals surface area contributed by atoms with Gasteiger partial charge in [-0.25, -0.2) is 0 Å². The molecule has 0 unspecified atom stereocenters. The molecule has 0 aliphatic heterocycles. The van der Waals surface area contributed by atoms with E-state index in [0.717, 1.165) is 7.28 Å². The van der Waals surface area contributed by atoms with Gasteiger partial charge in [-0.2, -0.15) is 5.10 Å². The third kappa shape index (κ3) is 1.02. The van der Waals surface area contributed by atoms with Crippen LogP contribution in [-0.2, 0) is 7.05 Å². The van der Waals surface area contributed by atoms with Crippen molar-refractivity contribution in [3.63, 3.8) is 0 Å². The van der Waals surface area contributed by atoms with Crippen LogP contribution in [0.25, 0.3) is 10.9 Å². The molecule has 3 heteroatoms. The van der Waals surface area contributed by atoms with E-state index in [4.69, 9.17) is 0 Å². The lowest BCUT2D eigenvalue weighted by Crippen LogP contribution is -2.08. The minimum atomic E-state index is 1.09. The van der Waals surface area contributed by atoms with E-state index in [-0.39, 0.29) is 0 Å². The maximum absolute atomic E-state index is 4.19. The molecule has 1 aromatic heterocycles. The number of fused-ring (bicyclic) bond motifs is 1. The predicted octanol–water partition coefficient (Wildman–Crippen LogP) is 0.683. The van der Waals surface area contributed by atoms with Crippen molar-refractivity contribution in [3.8, 4) is 0 Å². The van der Waals surface area contributed by atoms with Crippen molar-refractivity contribution in [1.29, 1.82) is 0 Å². The number of rotatable bonds is 1. The van der Waals surface area contributed by atoms with E-state index in [1.165, 1.54) is 16.4 Å². The highest BCUT2D eigenvalue weighted by molar-refractivity contribution is 6.52. The van der Waals surface area contributed by atoms with E-state index in [9.17, 15) is 0 Å². The molecule has 0 aliphatic carbocycles. The lowest BCUT2D eigenvalue weighted by molar-refractivity contribution is 0.797. The molecule has 60 valence electrons. The summed E-state index contributed by atoms with van der Waals surface area (Å²) < 4.78 is 1.90. The summed E-state index contributed by atoms with van der Waals surface area (Å²) in [4.78, 5) is 0. The number of aromatic nitrogens is 2. The van der Waals surface area contributed by atoms with Gasteiger partial charge in [0, 0.05) is 12.4 Å². The molecule has 0 radical (unpaired) electrons. The molecule has 1 heterocycles. The van der Waals surface area contributed by atoms with Crippen molar-refractivity contribution < 1.29 is 0 Å². The summed E-state index contributed by atoms with van der Waals surface area (Å²) in [5.74, 6) is 0. The Balaban J connectivity index is 2.69. The van der Waals surface area contributed by atoms with Gasteiger partial charge >= 0.3 is 0 Å². The maximum atomic E-state index is 4.19. The van der Waals surface area contributed by atoms with Crippen molar-refractivity contribution in [2.75, 3.05) is 0 Å². The quantitative estimate of drug-likeness (QED) is 0.558. The van der Waals surface area contributed by atoms with Gasteiger partial charge in [-0.15, -0.1) is 0 Å². The van der Waals surface area contributed by atoms with Crippen LogP contribution in [0.3, 0.4) is 0 Å². The van der Waals surface area contributed by atoms with Crippen molar-refractivity contribution in [2.24, 2.45) is 7.05 Å². The van der Waals surface area contributed by atoms with Gasteiger partial charge in [-0.3, -0.25) is 4.68 Å². The van der Waals surface area contributed by atoms with Crippen LogP contribution in [0.1, 0.15) is 0 Å². The van der Waals surface area contributed by atoms with Gasteiger partial charge in [0.15, 0.2) is 7.28 Å². The van der Waals surface area contributed by atoms with Crippen molar-refractivity contribution in [1.82, 2.24) is 9.78 Å². The van der Waals surface area contributed by atoms with Gasteiger partial charge in [0.1, 0.15) is 0 Å². The van der Waals surface area contributed by atoms with Crippen LogP contribution in [0.2, 0.25) is 6.82 Å². The molecule has 0 saturated heterocycles. The zero-order valence-electron chi connectivity index (χ0n) is 7.41. The Labute approximate surface area is 72.4 Å². The smallest absolute Gasteiger partial charge is 0.154 e. The molecule has 2 aromatic rings. The van der Waals surface area contributed by atoms with Crippen molar-refractivity contribution in [2.45, 2.75) is 6.82 Å². The van der Waals surface area contributed by atoms with Gasteiger partial charge < -0.3 is 0 Å². The van der Waals surface area contributed by atoms with E-state index >= 15 is 0 Å². The maximum Gasteiger partial charge on any atom is 0.154 e. The van der Waals surface area contributed by atoms with E-state index in [0.29, 0.717) is 0 Å². The highest BCUT2D eigenvalue weighted by Crippen LogP contribution is 2.09. The second-order valence-electron chi connectivity index (χ2n) is 3.01. The lowest BCUT2D eigenvalue weighted by atomic mass is 9.73. The Bertz CT molecular complexity index is 406. The summed E-state index contributed by atoms with van der Waals surface area (Å²) >= 11 is 0. The Morgan fingerprint density at radius 1 is 1.42 bits per heavy atom. The van der Waals surface area contributed by atoms with Gasteiger partial charge in [-0.1, -0.05) is 24.4 Å². The molecule has 12 heavy (non-hydrogen) atoms.